The number of carbonyl (C=O) groups excluding carboxylic acids is 1. The maximum Gasteiger partial charge on any atom is 0.239 e. The highest BCUT2D eigenvalue weighted by atomic mass is 19.1. The largest absolute Gasteiger partial charge is 0.341 e. The third-order valence-corrected chi connectivity index (χ3v) is 5.83. The Morgan fingerprint density at radius 2 is 2.00 bits per heavy atom. The number of halogens is 1. The minimum atomic E-state index is -0.388. The minimum absolute atomic E-state index is 0.112. The van der Waals surface area contributed by atoms with E-state index in [9.17, 15) is 9.18 Å². The molecule has 148 valence electrons. The molecular formula is C22H32FN3O. The van der Waals surface area contributed by atoms with E-state index in [1.54, 1.807) is 0 Å². The fraction of sp³-hybridized carbons (Fsp3) is 0.591. The Morgan fingerprint density at radius 3 is 2.67 bits per heavy atom. The molecule has 3 rings (SSSR count). The van der Waals surface area contributed by atoms with Crippen molar-refractivity contribution in [1.82, 2.24) is 9.80 Å². The van der Waals surface area contributed by atoms with Crippen LogP contribution < -0.4 is 5.73 Å². The van der Waals surface area contributed by atoms with Gasteiger partial charge in [0.15, 0.2) is 0 Å². The van der Waals surface area contributed by atoms with Crippen LogP contribution in [0, 0.1) is 5.82 Å². The minimum Gasteiger partial charge on any atom is -0.341 e. The number of benzene rings is 1. The first-order chi connectivity index (χ1) is 13.1. The van der Waals surface area contributed by atoms with Crippen molar-refractivity contribution in [2.24, 2.45) is 5.73 Å². The molecule has 1 aromatic rings. The first-order valence-corrected chi connectivity index (χ1v) is 10.2. The molecule has 1 saturated carbocycles. The molecule has 1 aliphatic heterocycles. The van der Waals surface area contributed by atoms with E-state index >= 15 is 0 Å². The van der Waals surface area contributed by atoms with E-state index in [1.807, 2.05) is 23.1 Å². The highest BCUT2D eigenvalue weighted by Gasteiger charge is 2.42. The normalized spacial score (nSPS) is 23.3. The molecule has 1 saturated heterocycles. The van der Waals surface area contributed by atoms with Crippen LogP contribution in [0.3, 0.4) is 0 Å². The van der Waals surface area contributed by atoms with E-state index in [0.717, 1.165) is 58.3 Å². The van der Waals surface area contributed by atoms with Crippen LogP contribution >= 0.6 is 0 Å². The highest BCUT2D eigenvalue weighted by molar-refractivity contribution is 5.81. The Labute approximate surface area is 162 Å². The van der Waals surface area contributed by atoms with Crippen LogP contribution in [0.5, 0.6) is 0 Å². The second-order valence-electron chi connectivity index (χ2n) is 7.88. The number of likely N-dealkylation sites (tertiary alicyclic amines) is 1. The second-order valence-corrected chi connectivity index (χ2v) is 7.88. The molecule has 1 aromatic carbocycles. The van der Waals surface area contributed by atoms with Crippen molar-refractivity contribution in [1.29, 1.82) is 0 Å². The lowest BCUT2D eigenvalue weighted by Crippen LogP contribution is -2.46. The van der Waals surface area contributed by atoms with Crippen LogP contribution in [-0.2, 0) is 4.79 Å². The average Bonchev–Trinajstić information content (AvgIpc) is 3.48. The molecule has 0 radical (unpaired) electrons. The zero-order valence-corrected chi connectivity index (χ0v) is 16.2. The summed E-state index contributed by atoms with van der Waals surface area (Å²) in [6.07, 6.45) is 8.05. The van der Waals surface area contributed by atoms with Gasteiger partial charge in [0.05, 0.1) is 6.04 Å². The molecule has 0 bridgehead atoms. The lowest BCUT2D eigenvalue weighted by molar-refractivity contribution is -0.133. The average molecular weight is 374 g/mol. The quantitative estimate of drug-likeness (QED) is 0.676. The second kappa shape index (κ2) is 9.47. The van der Waals surface area contributed by atoms with E-state index < -0.39 is 0 Å². The summed E-state index contributed by atoms with van der Waals surface area (Å²) in [5.74, 6) is 0.390. The highest BCUT2D eigenvalue weighted by Crippen LogP contribution is 2.44. The summed E-state index contributed by atoms with van der Waals surface area (Å²) in [4.78, 5) is 16.8. The zero-order chi connectivity index (χ0) is 19.2. The van der Waals surface area contributed by atoms with E-state index in [0.29, 0.717) is 12.0 Å². The van der Waals surface area contributed by atoms with Gasteiger partial charge in [0.25, 0.3) is 0 Å². The van der Waals surface area contributed by atoms with Gasteiger partial charge in [-0.25, -0.2) is 4.39 Å². The van der Waals surface area contributed by atoms with Crippen molar-refractivity contribution >= 4 is 5.91 Å². The van der Waals surface area contributed by atoms with Crippen LogP contribution in [0.2, 0.25) is 0 Å². The summed E-state index contributed by atoms with van der Waals surface area (Å²) in [5.41, 5.74) is 7.37. The standard InChI is InChI=1S/C22H32FN3O/c1-2-12-25(21-16-19(21)17-8-10-18(23)11-9-17)15-6-7-20(24)22(27)26-13-4-3-5-14-26/h2,8-11,19-21H,1,3-7,12-16,24H2/t19-,20-,21+/m0/s1. The van der Waals surface area contributed by atoms with Gasteiger partial charge in [-0.05, 0) is 62.8 Å². The molecule has 1 heterocycles. The van der Waals surface area contributed by atoms with Gasteiger partial charge in [-0.1, -0.05) is 18.2 Å². The summed E-state index contributed by atoms with van der Waals surface area (Å²) in [6.45, 7) is 7.33. The van der Waals surface area contributed by atoms with Crippen molar-refractivity contribution in [3.05, 3.63) is 48.3 Å². The van der Waals surface area contributed by atoms with Crippen LogP contribution in [0.15, 0.2) is 36.9 Å². The van der Waals surface area contributed by atoms with E-state index in [1.165, 1.54) is 24.1 Å². The van der Waals surface area contributed by atoms with E-state index in [-0.39, 0.29) is 17.8 Å². The van der Waals surface area contributed by atoms with Crippen LogP contribution in [-0.4, -0.2) is 54.0 Å². The number of piperidine rings is 1. The Morgan fingerprint density at radius 1 is 1.30 bits per heavy atom. The Hall–Kier alpha value is -1.72. The smallest absolute Gasteiger partial charge is 0.239 e. The summed E-state index contributed by atoms with van der Waals surface area (Å²) in [5, 5.41) is 0. The first-order valence-electron chi connectivity index (χ1n) is 10.2. The van der Waals surface area contributed by atoms with Gasteiger partial charge in [-0.2, -0.15) is 0 Å². The van der Waals surface area contributed by atoms with Gasteiger partial charge in [0.2, 0.25) is 5.91 Å². The first kappa shape index (κ1) is 20.0. The molecule has 2 fully saturated rings. The molecule has 0 spiro atoms. The van der Waals surface area contributed by atoms with E-state index in [4.69, 9.17) is 5.73 Å². The lowest BCUT2D eigenvalue weighted by Gasteiger charge is -2.29. The third-order valence-electron chi connectivity index (χ3n) is 5.83. The molecular weight excluding hydrogens is 341 g/mol. The number of amides is 1. The fourth-order valence-electron chi connectivity index (χ4n) is 4.20. The summed E-state index contributed by atoms with van der Waals surface area (Å²) in [6, 6.07) is 6.93. The molecule has 5 heteroatoms. The van der Waals surface area contributed by atoms with Gasteiger partial charge < -0.3 is 10.6 Å². The van der Waals surface area contributed by atoms with Crippen LogP contribution in [0.1, 0.15) is 50.0 Å². The van der Waals surface area contributed by atoms with Gasteiger partial charge in [-0.15, -0.1) is 6.58 Å². The third kappa shape index (κ3) is 5.39. The summed E-state index contributed by atoms with van der Waals surface area (Å²) in [7, 11) is 0. The fourth-order valence-corrected chi connectivity index (χ4v) is 4.20. The molecule has 4 nitrogen and oxygen atoms in total. The number of carbonyl (C=O) groups is 1. The van der Waals surface area contributed by atoms with Crippen molar-refractivity contribution in [2.75, 3.05) is 26.2 Å². The maximum atomic E-state index is 13.1. The lowest BCUT2D eigenvalue weighted by atomic mass is 10.1. The molecule has 3 atom stereocenters. The number of nitrogens with two attached hydrogens (primary N) is 1. The molecule has 0 unspecified atom stereocenters. The van der Waals surface area contributed by atoms with Crippen LogP contribution in [0.4, 0.5) is 4.39 Å². The molecule has 2 aliphatic rings. The summed E-state index contributed by atoms with van der Waals surface area (Å²) >= 11 is 0. The Bertz CT molecular complexity index is 627. The maximum absolute atomic E-state index is 13.1. The molecule has 0 aromatic heterocycles. The van der Waals surface area contributed by atoms with Gasteiger partial charge in [-0.3, -0.25) is 9.69 Å². The van der Waals surface area contributed by atoms with Gasteiger partial charge in [0.1, 0.15) is 5.82 Å². The zero-order valence-electron chi connectivity index (χ0n) is 16.2. The van der Waals surface area contributed by atoms with Gasteiger partial charge >= 0.3 is 0 Å². The Kier molecular flexibility index (Phi) is 7.02. The SMILES string of the molecule is C=CCN(CCC[C@H](N)C(=O)N1CCCCC1)[C@@H]1C[C@H]1c1ccc(F)cc1. The van der Waals surface area contributed by atoms with Crippen molar-refractivity contribution in [3.63, 3.8) is 0 Å². The number of nitrogens with zero attached hydrogens (tertiary/aromatic N) is 2. The topological polar surface area (TPSA) is 49.6 Å². The van der Waals surface area contributed by atoms with E-state index in [2.05, 4.69) is 11.5 Å². The summed E-state index contributed by atoms with van der Waals surface area (Å²) < 4.78 is 13.1. The molecule has 1 amide bonds. The molecule has 1 aliphatic carbocycles. The number of hydrogen-bond acceptors (Lipinski definition) is 3. The van der Waals surface area contributed by atoms with Crippen molar-refractivity contribution in [3.8, 4) is 0 Å². The number of hydrogen-bond donors (Lipinski definition) is 1. The predicted molar refractivity (Wildman–Crippen MR) is 107 cm³/mol. The number of rotatable bonds is 9. The van der Waals surface area contributed by atoms with Gasteiger partial charge in [0, 0.05) is 31.6 Å². The van der Waals surface area contributed by atoms with Crippen LogP contribution in [0.25, 0.3) is 0 Å². The predicted octanol–water partition coefficient (Wildman–Crippen LogP) is 3.29. The Balaban J connectivity index is 1.45. The monoisotopic (exact) mass is 373 g/mol. The van der Waals surface area contributed by atoms with Crippen molar-refractivity contribution < 1.29 is 9.18 Å². The molecule has 27 heavy (non-hydrogen) atoms. The van der Waals surface area contributed by atoms with Crippen molar-refractivity contribution in [2.45, 2.75) is 56.5 Å². The molecule has 2 N–H and O–H groups in total.